The van der Waals surface area contributed by atoms with Gasteiger partial charge in [-0.25, -0.2) is 9.59 Å². The Morgan fingerprint density at radius 3 is 2.34 bits per heavy atom. The van der Waals surface area contributed by atoms with Crippen LogP contribution < -0.4 is 4.74 Å². The lowest BCUT2D eigenvalue weighted by Crippen LogP contribution is -2.64. The van der Waals surface area contributed by atoms with Crippen LogP contribution in [0.3, 0.4) is 0 Å². The predicted molar refractivity (Wildman–Crippen MR) is 96.8 cm³/mol. The van der Waals surface area contributed by atoms with Gasteiger partial charge in [0.05, 0.1) is 0 Å². The molecule has 1 aromatic carbocycles. The fraction of sp³-hybridized carbons (Fsp3) is 0.600. The maximum atomic E-state index is 12.6. The van der Waals surface area contributed by atoms with Crippen LogP contribution in [0, 0.1) is 11.3 Å². The molecule has 0 aromatic heterocycles. The van der Waals surface area contributed by atoms with Gasteiger partial charge in [-0.3, -0.25) is 0 Å². The standard InChI is InChI=1S/C20H24F3NO5/c1-18(2,3)29-17(27)24-10-19(11-24)8-13(9-19)6-12-4-5-14(16(25)26)15(7-12)28-20(21,22)23/h4-5,7,13H,6,8-11H2,1-3H3,(H,25,26). The quantitative estimate of drug-likeness (QED) is 0.785. The molecule has 1 aliphatic carbocycles. The Morgan fingerprint density at radius 2 is 1.83 bits per heavy atom. The Kier molecular flexibility index (Phi) is 5.21. The summed E-state index contributed by atoms with van der Waals surface area (Å²) in [5.74, 6) is -1.91. The first-order chi connectivity index (χ1) is 13.3. The van der Waals surface area contributed by atoms with Crippen molar-refractivity contribution in [2.24, 2.45) is 11.3 Å². The summed E-state index contributed by atoms with van der Waals surface area (Å²) in [5.41, 5.74) is -0.408. The monoisotopic (exact) mass is 415 g/mol. The van der Waals surface area contributed by atoms with E-state index in [2.05, 4.69) is 4.74 Å². The van der Waals surface area contributed by atoms with E-state index in [9.17, 15) is 22.8 Å². The van der Waals surface area contributed by atoms with Crippen molar-refractivity contribution in [2.75, 3.05) is 13.1 Å². The van der Waals surface area contributed by atoms with Crippen LogP contribution in [0.15, 0.2) is 18.2 Å². The maximum Gasteiger partial charge on any atom is 0.573 e. The average molecular weight is 415 g/mol. The molecule has 1 saturated carbocycles. The number of hydrogen-bond acceptors (Lipinski definition) is 4. The van der Waals surface area contributed by atoms with Crippen LogP contribution in [0.2, 0.25) is 0 Å². The molecule has 2 fully saturated rings. The van der Waals surface area contributed by atoms with Gasteiger partial charge in [-0.2, -0.15) is 0 Å². The highest BCUT2D eigenvalue weighted by molar-refractivity contribution is 5.91. The molecule has 1 aliphatic heterocycles. The van der Waals surface area contributed by atoms with Crippen LogP contribution in [0.4, 0.5) is 18.0 Å². The summed E-state index contributed by atoms with van der Waals surface area (Å²) in [6.07, 6.45) is -3.03. The van der Waals surface area contributed by atoms with E-state index in [1.165, 1.54) is 6.07 Å². The highest BCUT2D eigenvalue weighted by Crippen LogP contribution is 2.53. The highest BCUT2D eigenvalue weighted by atomic mass is 19.4. The van der Waals surface area contributed by atoms with E-state index >= 15 is 0 Å². The van der Waals surface area contributed by atoms with Gasteiger partial charge in [-0.1, -0.05) is 6.07 Å². The zero-order chi connectivity index (χ0) is 21.6. The number of amides is 1. The molecule has 9 heteroatoms. The predicted octanol–water partition coefficient (Wildman–Crippen LogP) is 4.47. The average Bonchev–Trinajstić information content (AvgIpc) is 2.44. The molecule has 29 heavy (non-hydrogen) atoms. The molecular weight excluding hydrogens is 391 g/mol. The van der Waals surface area contributed by atoms with Crippen LogP contribution in [0.25, 0.3) is 0 Å². The third-order valence-electron chi connectivity index (χ3n) is 5.17. The van der Waals surface area contributed by atoms with Gasteiger partial charge in [0.15, 0.2) is 0 Å². The largest absolute Gasteiger partial charge is 0.573 e. The Balaban J connectivity index is 1.55. The Hall–Kier alpha value is -2.45. The molecule has 1 aromatic rings. The molecule has 1 spiro atoms. The fourth-order valence-electron chi connectivity index (χ4n) is 4.20. The second-order valence-corrected chi connectivity index (χ2v) is 9.00. The molecule has 160 valence electrons. The van der Waals surface area contributed by atoms with Gasteiger partial charge in [0, 0.05) is 18.5 Å². The fourth-order valence-corrected chi connectivity index (χ4v) is 4.20. The van der Waals surface area contributed by atoms with Gasteiger partial charge in [0.25, 0.3) is 0 Å². The highest BCUT2D eigenvalue weighted by Gasteiger charge is 2.54. The number of alkyl halides is 3. The minimum absolute atomic E-state index is 0.0634. The lowest BCUT2D eigenvalue weighted by atomic mass is 9.56. The smallest absolute Gasteiger partial charge is 0.478 e. The van der Waals surface area contributed by atoms with E-state index in [-0.39, 0.29) is 17.4 Å². The van der Waals surface area contributed by atoms with Crippen molar-refractivity contribution < 1.29 is 37.3 Å². The van der Waals surface area contributed by atoms with Crippen molar-refractivity contribution in [3.8, 4) is 5.75 Å². The topological polar surface area (TPSA) is 76.1 Å². The van der Waals surface area contributed by atoms with Crippen LogP contribution in [-0.2, 0) is 11.2 Å². The summed E-state index contributed by atoms with van der Waals surface area (Å²) >= 11 is 0. The van der Waals surface area contributed by atoms with E-state index in [0.717, 1.165) is 25.0 Å². The first-order valence-electron chi connectivity index (χ1n) is 9.35. The van der Waals surface area contributed by atoms with Crippen molar-refractivity contribution >= 4 is 12.1 Å². The summed E-state index contributed by atoms with van der Waals surface area (Å²) in [4.78, 5) is 24.8. The minimum Gasteiger partial charge on any atom is -0.478 e. The van der Waals surface area contributed by atoms with Gasteiger partial charge in [-0.05, 0) is 63.6 Å². The van der Waals surface area contributed by atoms with Crippen LogP contribution in [0.5, 0.6) is 5.75 Å². The lowest BCUT2D eigenvalue weighted by molar-refractivity contribution is -0.274. The molecule has 0 unspecified atom stereocenters. The Morgan fingerprint density at radius 1 is 1.21 bits per heavy atom. The van der Waals surface area contributed by atoms with Gasteiger partial charge in [-0.15, -0.1) is 13.2 Å². The third-order valence-corrected chi connectivity index (χ3v) is 5.17. The van der Waals surface area contributed by atoms with Crippen LogP contribution >= 0.6 is 0 Å². The first-order valence-corrected chi connectivity index (χ1v) is 9.35. The zero-order valence-corrected chi connectivity index (χ0v) is 16.5. The van der Waals surface area contributed by atoms with E-state index < -0.39 is 29.2 Å². The van der Waals surface area contributed by atoms with E-state index in [1.54, 1.807) is 4.90 Å². The summed E-state index contributed by atoms with van der Waals surface area (Å²) in [6, 6.07) is 3.81. The van der Waals surface area contributed by atoms with Crippen molar-refractivity contribution in [3.05, 3.63) is 29.3 Å². The lowest BCUT2D eigenvalue weighted by Gasteiger charge is -2.59. The molecule has 1 amide bonds. The molecule has 1 saturated heterocycles. The third kappa shape index (κ3) is 5.13. The second kappa shape index (κ2) is 7.11. The van der Waals surface area contributed by atoms with Crippen molar-refractivity contribution in [2.45, 2.75) is 52.0 Å². The number of benzene rings is 1. The maximum absolute atomic E-state index is 12.6. The molecule has 2 aliphatic rings. The number of carbonyl (C=O) groups is 2. The van der Waals surface area contributed by atoms with Gasteiger partial charge in [0.2, 0.25) is 0 Å². The minimum atomic E-state index is -4.96. The summed E-state index contributed by atoms with van der Waals surface area (Å²) in [7, 11) is 0. The number of carboxylic acid groups (broad SMARTS) is 1. The second-order valence-electron chi connectivity index (χ2n) is 9.00. The van der Waals surface area contributed by atoms with Crippen molar-refractivity contribution in [1.82, 2.24) is 4.90 Å². The molecule has 1 N–H and O–H groups in total. The molecule has 0 bridgehead atoms. The van der Waals surface area contributed by atoms with Gasteiger partial charge >= 0.3 is 18.4 Å². The molecular formula is C20H24F3NO5. The van der Waals surface area contributed by atoms with Crippen LogP contribution in [0.1, 0.15) is 49.5 Å². The number of rotatable bonds is 4. The number of carboxylic acids is 1. The number of likely N-dealkylation sites (tertiary alicyclic amines) is 1. The summed E-state index contributed by atoms with van der Waals surface area (Å²) < 4.78 is 46.9. The van der Waals surface area contributed by atoms with Crippen LogP contribution in [-0.4, -0.2) is 47.1 Å². The van der Waals surface area contributed by atoms with E-state index in [4.69, 9.17) is 9.84 Å². The molecule has 1 heterocycles. The Bertz CT molecular complexity index is 801. The molecule has 3 rings (SSSR count). The SMILES string of the molecule is CC(C)(C)OC(=O)N1CC2(CC(Cc3ccc(C(=O)O)c(OC(F)(F)F)c3)C2)C1. The summed E-state index contributed by atoms with van der Waals surface area (Å²) in [5, 5.41) is 9.05. The van der Waals surface area contributed by atoms with E-state index in [1.807, 2.05) is 20.8 Å². The van der Waals surface area contributed by atoms with E-state index in [0.29, 0.717) is 25.1 Å². The van der Waals surface area contributed by atoms with Crippen molar-refractivity contribution in [3.63, 3.8) is 0 Å². The number of ether oxygens (including phenoxy) is 2. The number of carbonyl (C=O) groups excluding carboxylic acids is 1. The van der Waals surface area contributed by atoms with Gasteiger partial charge < -0.3 is 19.5 Å². The number of halogens is 3. The Labute approximate surface area is 166 Å². The molecule has 6 nitrogen and oxygen atoms in total. The van der Waals surface area contributed by atoms with Crippen molar-refractivity contribution in [1.29, 1.82) is 0 Å². The number of aromatic carboxylic acids is 1. The molecule has 0 atom stereocenters. The number of nitrogens with zero attached hydrogens (tertiary/aromatic N) is 1. The number of hydrogen-bond donors (Lipinski definition) is 1. The zero-order valence-electron chi connectivity index (χ0n) is 16.5. The molecule has 0 radical (unpaired) electrons. The normalized spacial score (nSPS) is 18.8. The first kappa shape index (κ1) is 21.3. The van der Waals surface area contributed by atoms with Gasteiger partial charge in [0.1, 0.15) is 16.9 Å². The summed E-state index contributed by atoms with van der Waals surface area (Å²) in [6.45, 7) is 6.68.